The Bertz CT molecular complexity index is 970. The monoisotopic (exact) mass is 394 g/mol. The van der Waals surface area contributed by atoms with Crippen LogP contribution in [-0.4, -0.2) is 8.32 Å². The molecule has 0 heterocycles. The first-order valence-corrected chi connectivity index (χ1v) is 12.0. The molecule has 0 atom stereocenters. The lowest BCUT2D eigenvalue weighted by Gasteiger charge is -2.34. The maximum atomic E-state index is 7.22. The van der Waals surface area contributed by atoms with Crippen LogP contribution < -0.4 is 20.0 Å². The molecule has 4 aromatic rings. The van der Waals surface area contributed by atoms with Gasteiger partial charge < -0.3 is 4.43 Å². The molecule has 0 spiro atoms. The smallest absolute Gasteiger partial charge is 0.346 e. The Balaban J connectivity index is 2.04. The highest BCUT2D eigenvalue weighted by Gasteiger charge is 2.44. The molecule has 2 heteroatoms. The molecule has 4 aromatic carbocycles. The van der Waals surface area contributed by atoms with E-state index in [-0.39, 0.29) is 0 Å². The Morgan fingerprint density at radius 2 is 0.862 bits per heavy atom. The summed E-state index contributed by atoms with van der Waals surface area (Å²) >= 11 is 0. The van der Waals surface area contributed by atoms with Crippen LogP contribution in [0.3, 0.4) is 0 Å². The predicted octanol–water partition coefficient (Wildman–Crippen LogP) is 4.66. The topological polar surface area (TPSA) is 9.23 Å². The zero-order valence-corrected chi connectivity index (χ0v) is 18.2. The maximum absolute atomic E-state index is 7.22. The molecule has 1 nitrogen and oxygen atoms in total. The molecule has 0 aliphatic carbocycles. The third kappa shape index (κ3) is 3.64. The predicted molar refractivity (Wildman–Crippen MR) is 125 cm³/mol. The lowest BCUT2D eigenvalue weighted by Crippen LogP contribution is -2.71. The summed E-state index contributed by atoms with van der Waals surface area (Å²) in [4.78, 5) is 0. The first-order valence-electron chi connectivity index (χ1n) is 10.0. The van der Waals surface area contributed by atoms with E-state index in [1.54, 1.807) is 0 Å². The summed E-state index contributed by atoms with van der Waals surface area (Å²) in [5.41, 5.74) is 3.63. The van der Waals surface area contributed by atoms with Gasteiger partial charge in [-0.05, 0) is 47.5 Å². The van der Waals surface area contributed by atoms with Crippen LogP contribution in [0.15, 0.2) is 103 Å². The van der Waals surface area contributed by atoms with Crippen molar-refractivity contribution in [2.75, 3.05) is 0 Å². The first kappa shape index (κ1) is 19.2. The Hall–Kier alpha value is -3.10. The van der Waals surface area contributed by atoms with Crippen molar-refractivity contribution in [3.63, 3.8) is 0 Å². The van der Waals surface area contributed by atoms with Crippen molar-refractivity contribution in [1.82, 2.24) is 0 Å². The van der Waals surface area contributed by atoms with Crippen molar-refractivity contribution < 1.29 is 4.43 Å². The molecule has 0 fully saturated rings. The van der Waals surface area contributed by atoms with E-state index in [4.69, 9.17) is 4.43 Å². The number of hydrogen-bond acceptors (Lipinski definition) is 1. The zero-order chi connectivity index (χ0) is 20.3. The average molecular weight is 395 g/mol. The van der Waals surface area contributed by atoms with Crippen LogP contribution in [0.25, 0.3) is 0 Å². The van der Waals surface area contributed by atoms with Gasteiger partial charge in [-0.3, -0.25) is 0 Å². The zero-order valence-electron chi connectivity index (χ0n) is 17.2. The highest BCUT2D eigenvalue weighted by molar-refractivity contribution is 7.07. The van der Waals surface area contributed by atoms with Crippen LogP contribution in [0.1, 0.15) is 16.7 Å². The lowest BCUT2D eigenvalue weighted by atomic mass is 10.1. The fourth-order valence-electron chi connectivity index (χ4n) is 4.18. The molecule has 4 rings (SSSR count). The Morgan fingerprint density at radius 3 is 1.21 bits per heavy atom. The summed E-state index contributed by atoms with van der Waals surface area (Å²) in [5.74, 6) is 0.999. The van der Waals surface area contributed by atoms with Crippen LogP contribution in [0.4, 0.5) is 0 Å². The molecule has 144 valence electrons. The van der Waals surface area contributed by atoms with Gasteiger partial charge in [0, 0.05) is 0 Å². The molecule has 0 saturated heterocycles. The highest BCUT2D eigenvalue weighted by atomic mass is 28.4. The van der Waals surface area contributed by atoms with E-state index in [1.807, 2.05) is 0 Å². The van der Waals surface area contributed by atoms with Crippen molar-refractivity contribution >= 4 is 23.9 Å². The van der Waals surface area contributed by atoms with E-state index in [0.29, 0.717) is 0 Å². The molecule has 29 heavy (non-hydrogen) atoms. The van der Waals surface area contributed by atoms with E-state index in [9.17, 15) is 0 Å². The van der Waals surface area contributed by atoms with Gasteiger partial charge in [-0.25, -0.2) is 0 Å². The van der Waals surface area contributed by atoms with Gasteiger partial charge in [-0.2, -0.15) is 0 Å². The Kier molecular flexibility index (Phi) is 5.37. The average Bonchev–Trinajstić information content (AvgIpc) is 2.75. The Labute approximate surface area is 174 Å². The van der Waals surface area contributed by atoms with E-state index >= 15 is 0 Å². The van der Waals surface area contributed by atoms with Crippen LogP contribution in [0.5, 0.6) is 5.75 Å². The van der Waals surface area contributed by atoms with Gasteiger partial charge in [0.15, 0.2) is 0 Å². The van der Waals surface area contributed by atoms with Crippen LogP contribution in [0, 0.1) is 20.8 Å². The van der Waals surface area contributed by atoms with Crippen molar-refractivity contribution in [3.05, 3.63) is 120 Å². The largest absolute Gasteiger partial charge is 0.530 e. The fourth-order valence-corrected chi connectivity index (χ4v) is 8.14. The summed E-state index contributed by atoms with van der Waals surface area (Å²) in [6.45, 7) is 6.44. The highest BCUT2D eigenvalue weighted by Crippen LogP contribution is 2.27. The number of benzene rings is 4. The standard InChI is InChI=1S/C27H26OSi/c1-21-19-22(2)27(23(3)20-21)28-29(24-13-7-4-8-14-24,25-15-9-5-10-16-25)26-17-11-6-12-18-26/h4-20H,1-3H3. The third-order valence-corrected chi connectivity index (χ3v) is 9.35. The van der Waals surface area contributed by atoms with Gasteiger partial charge >= 0.3 is 8.32 Å². The summed E-state index contributed by atoms with van der Waals surface area (Å²) in [7, 11) is -2.74. The summed E-state index contributed by atoms with van der Waals surface area (Å²) < 4.78 is 7.22. The molecular formula is C27H26OSi. The molecule has 0 aliphatic heterocycles. The fraction of sp³-hybridized carbons (Fsp3) is 0.111. The van der Waals surface area contributed by atoms with Crippen molar-refractivity contribution in [2.45, 2.75) is 20.8 Å². The second-order valence-electron chi connectivity index (χ2n) is 7.61. The molecule has 0 N–H and O–H groups in total. The maximum Gasteiger partial charge on any atom is 0.346 e. The minimum absolute atomic E-state index is 0.999. The summed E-state index contributed by atoms with van der Waals surface area (Å²) in [5, 5.41) is 3.74. The van der Waals surface area contributed by atoms with E-state index in [0.717, 1.165) is 5.75 Å². The number of rotatable bonds is 5. The Morgan fingerprint density at radius 1 is 0.517 bits per heavy atom. The third-order valence-electron chi connectivity index (χ3n) is 5.40. The van der Waals surface area contributed by atoms with Gasteiger partial charge in [0.1, 0.15) is 5.75 Å². The molecule has 0 aliphatic rings. The molecule has 0 radical (unpaired) electrons. The van der Waals surface area contributed by atoms with Crippen molar-refractivity contribution in [1.29, 1.82) is 0 Å². The minimum Gasteiger partial charge on any atom is -0.530 e. The van der Waals surface area contributed by atoms with Gasteiger partial charge in [-0.1, -0.05) is 109 Å². The van der Waals surface area contributed by atoms with Crippen LogP contribution in [0.2, 0.25) is 0 Å². The molecule has 0 saturated carbocycles. The van der Waals surface area contributed by atoms with Gasteiger partial charge in [0.2, 0.25) is 0 Å². The van der Waals surface area contributed by atoms with E-state index in [1.165, 1.54) is 32.3 Å². The number of aryl methyl sites for hydroxylation is 3. The molecule has 0 amide bonds. The molecule has 0 bridgehead atoms. The summed E-state index contributed by atoms with van der Waals surface area (Å²) in [6.07, 6.45) is 0. The van der Waals surface area contributed by atoms with Gasteiger partial charge in [0.05, 0.1) is 0 Å². The van der Waals surface area contributed by atoms with Crippen LogP contribution >= 0.6 is 0 Å². The second-order valence-corrected chi connectivity index (χ2v) is 10.9. The SMILES string of the molecule is Cc1cc(C)c(O[Si](c2ccccc2)(c2ccccc2)c2ccccc2)c(C)c1. The normalized spacial score (nSPS) is 11.3. The van der Waals surface area contributed by atoms with Gasteiger partial charge in [-0.15, -0.1) is 0 Å². The van der Waals surface area contributed by atoms with Gasteiger partial charge in [0.25, 0.3) is 0 Å². The van der Waals surface area contributed by atoms with E-state index in [2.05, 4.69) is 124 Å². The van der Waals surface area contributed by atoms with Crippen molar-refractivity contribution in [2.24, 2.45) is 0 Å². The summed E-state index contributed by atoms with van der Waals surface area (Å²) in [6, 6.07) is 36.6. The molecule has 0 unspecified atom stereocenters. The van der Waals surface area contributed by atoms with Crippen molar-refractivity contribution in [3.8, 4) is 5.75 Å². The van der Waals surface area contributed by atoms with E-state index < -0.39 is 8.32 Å². The first-order chi connectivity index (χ1) is 14.1. The second kappa shape index (κ2) is 8.10. The minimum atomic E-state index is -2.74. The van der Waals surface area contributed by atoms with Crippen LogP contribution in [-0.2, 0) is 0 Å². The number of hydrogen-bond donors (Lipinski definition) is 0. The quantitative estimate of drug-likeness (QED) is 0.353. The lowest BCUT2D eigenvalue weighted by molar-refractivity contribution is 0.566. The molecular weight excluding hydrogens is 368 g/mol. The molecule has 0 aromatic heterocycles.